The number of nitrogens with one attached hydrogen (secondary N) is 2. The fourth-order valence-electron chi connectivity index (χ4n) is 4.06. The van der Waals surface area contributed by atoms with Gasteiger partial charge in [-0.1, -0.05) is 6.07 Å². The maximum atomic E-state index is 12.6. The van der Waals surface area contributed by atoms with Crippen LogP contribution in [0.25, 0.3) is 5.52 Å². The van der Waals surface area contributed by atoms with E-state index in [1.165, 1.54) is 11.1 Å². The van der Waals surface area contributed by atoms with Crippen LogP contribution < -0.4 is 10.6 Å². The first-order valence-corrected chi connectivity index (χ1v) is 8.09. The molecule has 1 saturated heterocycles. The minimum atomic E-state index is -0.373. The van der Waals surface area contributed by atoms with Crippen molar-refractivity contribution in [2.24, 2.45) is 17.8 Å². The maximum Gasteiger partial charge on any atom is 0.224 e. The fraction of sp³-hybridized carbons (Fsp3) is 0.500. The molecule has 4 rings (SSSR count). The van der Waals surface area contributed by atoms with Crippen LogP contribution in [-0.2, 0) is 10.3 Å². The van der Waals surface area contributed by atoms with Crippen LogP contribution in [0.5, 0.6) is 0 Å². The molecule has 3 heterocycles. The molecule has 2 aliphatic rings. The number of aryl methyl sites for hydroxylation is 1. The number of piperidine rings is 1. The molecule has 4 heteroatoms. The van der Waals surface area contributed by atoms with Gasteiger partial charge in [-0.3, -0.25) is 4.79 Å². The molecule has 116 valence electrons. The highest BCUT2D eigenvalue weighted by atomic mass is 16.2. The van der Waals surface area contributed by atoms with E-state index >= 15 is 0 Å². The molecule has 2 aromatic rings. The quantitative estimate of drug-likeness (QED) is 0.911. The standard InChI is InChI=1S/C18H23N3O/c1-11-5-4-8-21-14(11)6-7-15(21)18(2,3)20-17(22)16-12-9-19-10-13(12)16/h4-8,12-13,16,19H,9-10H2,1-3H3,(H,20,22)/t12-,13?,16?/m0/s1. The second-order valence-electron chi connectivity index (χ2n) is 7.29. The molecule has 0 bridgehead atoms. The summed E-state index contributed by atoms with van der Waals surface area (Å²) in [6.45, 7) is 8.28. The van der Waals surface area contributed by atoms with E-state index in [0.29, 0.717) is 11.8 Å². The number of carbonyl (C=O) groups excluding carboxylic acids is 1. The number of carbonyl (C=O) groups is 1. The van der Waals surface area contributed by atoms with Crippen molar-refractivity contribution in [3.05, 3.63) is 41.7 Å². The number of rotatable bonds is 3. The molecule has 2 aromatic heterocycles. The molecular weight excluding hydrogens is 274 g/mol. The fourth-order valence-corrected chi connectivity index (χ4v) is 4.06. The van der Waals surface area contributed by atoms with Crippen molar-refractivity contribution < 1.29 is 4.79 Å². The van der Waals surface area contributed by atoms with Crippen molar-refractivity contribution in [2.75, 3.05) is 13.1 Å². The van der Waals surface area contributed by atoms with Crippen LogP contribution in [0.15, 0.2) is 30.5 Å². The lowest BCUT2D eigenvalue weighted by molar-refractivity contribution is -0.124. The van der Waals surface area contributed by atoms with Gasteiger partial charge in [-0.25, -0.2) is 0 Å². The highest BCUT2D eigenvalue weighted by Gasteiger charge is 2.57. The first-order valence-electron chi connectivity index (χ1n) is 8.09. The molecule has 22 heavy (non-hydrogen) atoms. The minimum absolute atomic E-state index is 0.212. The Morgan fingerprint density at radius 3 is 2.73 bits per heavy atom. The minimum Gasteiger partial charge on any atom is -0.345 e. The van der Waals surface area contributed by atoms with Crippen molar-refractivity contribution in [1.82, 2.24) is 15.0 Å². The Labute approximate surface area is 130 Å². The molecule has 3 atom stereocenters. The monoisotopic (exact) mass is 297 g/mol. The van der Waals surface area contributed by atoms with E-state index < -0.39 is 0 Å². The maximum absolute atomic E-state index is 12.6. The second kappa shape index (κ2) is 4.59. The number of hydrogen-bond donors (Lipinski definition) is 2. The average molecular weight is 297 g/mol. The van der Waals surface area contributed by atoms with E-state index in [2.05, 4.69) is 66.3 Å². The van der Waals surface area contributed by atoms with Crippen LogP contribution in [0.3, 0.4) is 0 Å². The first kappa shape index (κ1) is 13.8. The summed E-state index contributed by atoms with van der Waals surface area (Å²) in [5, 5.41) is 6.62. The molecule has 0 aromatic carbocycles. The third kappa shape index (κ3) is 1.97. The summed E-state index contributed by atoms with van der Waals surface area (Å²) in [6.07, 6.45) is 2.07. The molecule has 0 spiro atoms. The number of pyridine rings is 1. The van der Waals surface area contributed by atoms with Gasteiger partial charge >= 0.3 is 0 Å². The highest BCUT2D eigenvalue weighted by molar-refractivity contribution is 5.83. The van der Waals surface area contributed by atoms with Crippen molar-refractivity contribution in [2.45, 2.75) is 26.3 Å². The molecule has 1 amide bonds. The van der Waals surface area contributed by atoms with Crippen LogP contribution in [0.2, 0.25) is 0 Å². The lowest BCUT2D eigenvalue weighted by Crippen LogP contribution is -2.43. The zero-order valence-corrected chi connectivity index (χ0v) is 13.4. The van der Waals surface area contributed by atoms with Gasteiger partial charge in [0.25, 0.3) is 0 Å². The number of amides is 1. The Morgan fingerprint density at radius 2 is 2.00 bits per heavy atom. The molecular formula is C18H23N3O. The van der Waals surface area contributed by atoms with Gasteiger partial charge in [0.05, 0.1) is 5.54 Å². The Kier molecular flexibility index (Phi) is 2.89. The average Bonchev–Trinajstić information content (AvgIpc) is 2.85. The predicted molar refractivity (Wildman–Crippen MR) is 86.6 cm³/mol. The van der Waals surface area contributed by atoms with Gasteiger partial charge in [0.1, 0.15) is 0 Å². The highest BCUT2D eigenvalue weighted by Crippen LogP contribution is 2.49. The molecule has 4 nitrogen and oxygen atoms in total. The van der Waals surface area contributed by atoms with Crippen LogP contribution in [0, 0.1) is 24.7 Å². The zero-order valence-electron chi connectivity index (χ0n) is 13.4. The Hall–Kier alpha value is -1.81. The number of hydrogen-bond acceptors (Lipinski definition) is 2. The van der Waals surface area contributed by atoms with Gasteiger partial charge < -0.3 is 15.0 Å². The summed E-state index contributed by atoms with van der Waals surface area (Å²) >= 11 is 0. The van der Waals surface area contributed by atoms with E-state index in [1.54, 1.807) is 0 Å². The largest absolute Gasteiger partial charge is 0.345 e. The SMILES string of the molecule is Cc1cccn2c(C(C)(C)NC(=O)C3C4CNC[C@@H]43)ccc12. The van der Waals surface area contributed by atoms with Crippen LogP contribution in [-0.4, -0.2) is 23.4 Å². The van der Waals surface area contributed by atoms with Gasteiger partial charge in [0, 0.05) is 23.3 Å². The first-order chi connectivity index (χ1) is 10.5. The summed E-state index contributed by atoms with van der Waals surface area (Å²) in [4.78, 5) is 12.6. The third-order valence-electron chi connectivity index (χ3n) is 5.37. The van der Waals surface area contributed by atoms with Crippen LogP contribution in [0.1, 0.15) is 25.1 Å². The Balaban J connectivity index is 1.59. The van der Waals surface area contributed by atoms with Gasteiger partial charge in [0.2, 0.25) is 5.91 Å². The number of aromatic nitrogens is 1. The van der Waals surface area contributed by atoms with Crippen molar-refractivity contribution in [3.8, 4) is 0 Å². The molecule has 1 saturated carbocycles. The topological polar surface area (TPSA) is 45.5 Å². The van der Waals surface area contributed by atoms with Crippen molar-refractivity contribution in [3.63, 3.8) is 0 Å². The number of nitrogens with zero attached hydrogens (tertiary/aromatic N) is 1. The molecule has 0 radical (unpaired) electrons. The third-order valence-corrected chi connectivity index (χ3v) is 5.37. The molecule has 2 fully saturated rings. The van der Waals surface area contributed by atoms with Crippen LogP contribution in [0.4, 0.5) is 0 Å². The van der Waals surface area contributed by atoms with Crippen molar-refractivity contribution in [1.29, 1.82) is 0 Å². The number of fused-ring (bicyclic) bond motifs is 2. The predicted octanol–water partition coefficient (Wildman–Crippen LogP) is 2.06. The summed E-state index contributed by atoms with van der Waals surface area (Å²) in [5.74, 6) is 1.54. The summed E-state index contributed by atoms with van der Waals surface area (Å²) in [6, 6.07) is 8.43. The van der Waals surface area contributed by atoms with E-state index in [1.807, 2.05) is 0 Å². The molecule has 2 N–H and O–H groups in total. The Morgan fingerprint density at radius 1 is 1.27 bits per heavy atom. The Bertz CT molecular complexity index is 736. The lowest BCUT2D eigenvalue weighted by Gasteiger charge is -2.27. The second-order valence-corrected chi connectivity index (χ2v) is 7.29. The van der Waals surface area contributed by atoms with Crippen LogP contribution >= 0.6 is 0 Å². The van der Waals surface area contributed by atoms with Gasteiger partial charge in [0.15, 0.2) is 0 Å². The normalized spacial score (nSPS) is 27.0. The molecule has 1 aliphatic heterocycles. The molecule has 2 unspecified atom stereocenters. The van der Waals surface area contributed by atoms with E-state index in [0.717, 1.165) is 18.8 Å². The smallest absolute Gasteiger partial charge is 0.224 e. The van der Waals surface area contributed by atoms with E-state index in [4.69, 9.17) is 0 Å². The van der Waals surface area contributed by atoms with Gasteiger partial charge in [-0.05, 0) is 69.5 Å². The lowest BCUT2D eigenvalue weighted by atomic mass is 10.00. The van der Waals surface area contributed by atoms with E-state index in [-0.39, 0.29) is 17.4 Å². The molecule has 1 aliphatic carbocycles. The summed E-state index contributed by atoms with van der Waals surface area (Å²) in [5.41, 5.74) is 3.20. The van der Waals surface area contributed by atoms with Gasteiger partial charge in [-0.15, -0.1) is 0 Å². The van der Waals surface area contributed by atoms with Crippen molar-refractivity contribution >= 4 is 11.4 Å². The van der Waals surface area contributed by atoms with E-state index in [9.17, 15) is 4.79 Å². The zero-order chi connectivity index (χ0) is 15.5. The van der Waals surface area contributed by atoms with Gasteiger partial charge in [-0.2, -0.15) is 0 Å². The summed E-state index contributed by atoms with van der Waals surface area (Å²) < 4.78 is 2.19. The summed E-state index contributed by atoms with van der Waals surface area (Å²) in [7, 11) is 0.